The second-order valence-electron chi connectivity index (χ2n) is 3.48. The molecular formula is C12H12FNO. The SMILES string of the molecule is OCc1ccn(Cc2cccc(F)c2)c1. The highest BCUT2D eigenvalue weighted by molar-refractivity contribution is 5.18. The Hall–Kier alpha value is -1.61. The number of rotatable bonds is 3. The fourth-order valence-electron chi connectivity index (χ4n) is 1.53. The molecule has 0 bridgehead atoms. The van der Waals surface area contributed by atoms with E-state index in [-0.39, 0.29) is 12.4 Å². The summed E-state index contributed by atoms with van der Waals surface area (Å²) in [6, 6.07) is 8.36. The average Bonchev–Trinajstić information content (AvgIpc) is 2.65. The van der Waals surface area contributed by atoms with Gasteiger partial charge >= 0.3 is 0 Å². The molecule has 78 valence electrons. The molecule has 1 N–H and O–H groups in total. The van der Waals surface area contributed by atoms with Crippen LogP contribution in [0.2, 0.25) is 0 Å². The van der Waals surface area contributed by atoms with Crippen molar-refractivity contribution in [2.75, 3.05) is 0 Å². The van der Waals surface area contributed by atoms with Crippen LogP contribution in [0.3, 0.4) is 0 Å². The zero-order chi connectivity index (χ0) is 10.7. The standard InChI is InChI=1S/C12H12FNO/c13-12-3-1-2-10(6-12)7-14-5-4-11(8-14)9-15/h1-6,8,15H,7,9H2. The first-order chi connectivity index (χ1) is 7.28. The Morgan fingerprint density at radius 3 is 2.73 bits per heavy atom. The van der Waals surface area contributed by atoms with Gasteiger partial charge in [-0.3, -0.25) is 0 Å². The monoisotopic (exact) mass is 205 g/mol. The van der Waals surface area contributed by atoms with E-state index in [1.165, 1.54) is 12.1 Å². The number of halogens is 1. The summed E-state index contributed by atoms with van der Waals surface area (Å²) in [4.78, 5) is 0. The summed E-state index contributed by atoms with van der Waals surface area (Å²) in [7, 11) is 0. The molecule has 1 heterocycles. The van der Waals surface area contributed by atoms with Gasteiger partial charge in [0.25, 0.3) is 0 Å². The van der Waals surface area contributed by atoms with E-state index in [9.17, 15) is 4.39 Å². The fourth-order valence-corrected chi connectivity index (χ4v) is 1.53. The lowest BCUT2D eigenvalue weighted by Gasteiger charge is -2.02. The zero-order valence-electron chi connectivity index (χ0n) is 8.23. The Kier molecular flexibility index (Phi) is 2.83. The Balaban J connectivity index is 2.14. The third-order valence-electron chi connectivity index (χ3n) is 2.25. The fraction of sp³-hybridized carbons (Fsp3) is 0.167. The van der Waals surface area contributed by atoms with E-state index in [4.69, 9.17) is 5.11 Å². The molecule has 0 atom stereocenters. The lowest BCUT2D eigenvalue weighted by atomic mass is 10.2. The quantitative estimate of drug-likeness (QED) is 0.816. The highest BCUT2D eigenvalue weighted by Gasteiger charge is 1.98. The maximum Gasteiger partial charge on any atom is 0.123 e. The number of hydrogen-bond donors (Lipinski definition) is 1. The van der Waals surface area contributed by atoms with Gasteiger partial charge in [0.1, 0.15) is 5.82 Å². The van der Waals surface area contributed by atoms with E-state index in [2.05, 4.69) is 0 Å². The van der Waals surface area contributed by atoms with Gasteiger partial charge in [0.15, 0.2) is 0 Å². The van der Waals surface area contributed by atoms with Gasteiger partial charge in [0.2, 0.25) is 0 Å². The molecule has 0 fully saturated rings. The number of aliphatic hydroxyl groups excluding tert-OH is 1. The van der Waals surface area contributed by atoms with Gasteiger partial charge < -0.3 is 9.67 Å². The van der Waals surface area contributed by atoms with Crippen LogP contribution in [0.15, 0.2) is 42.7 Å². The average molecular weight is 205 g/mol. The van der Waals surface area contributed by atoms with E-state index >= 15 is 0 Å². The van der Waals surface area contributed by atoms with Gasteiger partial charge in [-0.2, -0.15) is 0 Å². The van der Waals surface area contributed by atoms with Crippen LogP contribution in [0.1, 0.15) is 11.1 Å². The first-order valence-corrected chi connectivity index (χ1v) is 4.78. The van der Waals surface area contributed by atoms with E-state index in [1.807, 2.05) is 29.1 Å². The zero-order valence-corrected chi connectivity index (χ0v) is 8.23. The predicted molar refractivity (Wildman–Crippen MR) is 55.9 cm³/mol. The topological polar surface area (TPSA) is 25.2 Å². The first kappa shape index (κ1) is 9.93. The minimum atomic E-state index is -0.220. The molecule has 2 aromatic rings. The molecule has 2 rings (SSSR count). The molecule has 0 saturated heterocycles. The van der Waals surface area contributed by atoms with Crippen LogP contribution in [0.25, 0.3) is 0 Å². The highest BCUT2D eigenvalue weighted by atomic mass is 19.1. The summed E-state index contributed by atoms with van der Waals surface area (Å²) in [5, 5.41) is 8.89. The van der Waals surface area contributed by atoms with Gasteiger partial charge in [0, 0.05) is 18.9 Å². The van der Waals surface area contributed by atoms with Crippen molar-refractivity contribution in [3.05, 3.63) is 59.7 Å². The van der Waals surface area contributed by atoms with Crippen molar-refractivity contribution in [3.63, 3.8) is 0 Å². The second-order valence-corrected chi connectivity index (χ2v) is 3.48. The van der Waals surface area contributed by atoms with Crippen molar-refractivity contribution in [1.82, 2.24) is 4.57 Å². The largest absolute Gasteiger partial charge is 0.392 e. The molecule has 0 spiro atoms. The summed E-state index contributed by atoms with van der Waals surface area (Å²) in [5.74, 6) is -0.220. The van der Waals surface area contributed by atoms with Crippen LogP contribution in [0.5, 0.6) is 0 Å². The summed E-state index contributed by atoms with van der Waals surface area (Å²) in [5.41, 5.74) is 1.78. The van der Waals surface area contributed by atoms with Crippen LogP contribution in [0.4, 0.5) is 4.39 Å². The van der Waals surface area contributed by atoms with Gasteiger partial charge in [-0.1, -0.05) is 12.1 Å². The van der Waals surface area contributed by atoms with Crippen LogP contribution in [-0.2, 0) is 13.2 Å². The molecule has 0 aliphatic carbocycles. The molecule has 0 amide bonds. The predicted octanol–water partition coefficient (Wildman–Crippen LogP) is 2.17. The van der Waals surface area contributed by atoms with Crippen LogP contribution < -0.4 is 0 Å². The van der Waals surface area contributed by atoms with Gasteiger partial charge in [0.05, 0.1) is 6.61 Å². The normalized spacial score (nSPS) is 10.5. The molecule has 0 radical (unpaired) electrons. The molecule has 3 heteroatoms. The maximum atomic E-state index is 12.9. The number of aliphatic hydroxyl groups is 1. The lowest BCUT2D eigenvalue weighted by molar-refractivity contribution is 0.282. The summed E-state index contributed by atoms with van der Waals surface area (Å²) < 4.78 is 14.8. The first-order valence-electron chi connectivity index (χ1n) is 4.78. The Morgan fingerprint density at radius 2 is 2.07 bits per heavy atom. The van der Waals surface area contributed by atoms with E-state index in [0.717, 1.165) is 11.1 Å². The van der Waals surface area contributed by atoms with E-state index < -0.39 is 0 Å². The molecule has 0 aliphatic rings. The number of benzene rings is 1. The van der Waals surface area contributed by atoms with Gasteiger partial charge in [-0.25, -0.2) is 4.39 Å². The smallest absolute Gasteiger partial charge is 0.123 e. The van der Waals surface area contributed by atoms with Crippen LogP contribution in [-0.4, -0.2) is 9.67 Å². The number of nitrogens with zero attached hydrogens (tertiary/aromatic N) is 1. The van der Waals surface area contributed by atoms with E-state index in [0.29, 0.717) is 6.54 Å². The van der Waals surface area contributed by atoms with Crippen molar-refractivity contribution in [2.24, 2.45) is 0 Å². The Labute approximate surface area is 87.6 Å². The minimum Gasteiger partial charge on any atom is -0.392 e. The molecule has 0 aliphatic heterocycles. The summed E-state index contributed by atoms with van der Waals surface area (Å²) in [6.45, 7) is 0.661. The maximum absolute atomic E-state index is 12.9. The lowest BCUT2D eigenvalue weighted by Crippen LogP contribution is -1.96. The summed E-state index contributed by atoms with van der Waals surface area (Å²) in [6.07, 6.45) is 3.72. The van der Waals surface area contributed by atoms with Crippen molar-refractivity contribution in [1.29, 1.82) is 0 Å². The van der Waals surface area contributed by atoms with Crippen molar-refractivity contribution < 1.29 is 9.50 Å². The third kappa shape index (κ3) is 2.44. The van der Waals surface area contributed by atoms with Gasteiger partial charge in [-0.05, 0) is 29.3 Å². The van der Waals surface area contributed by atoms with E-state index in [1.54, 1.807) is 6.07 Å². The minimum absolute atomic E-state index is 0.0378. The number of hydrogen-bond acceptors (Lipinski definition) is 1. The van der Waals surface area contributed by atoms with Crippen molar-refractivity contribution in [3.8, 4) is 0 Å². The Morgan fingerprint density at radius 1 is 1.20 bits per heavy atom. The second kappa shape index (κ2) is 4.28. The molecule has 1 aromatic heterocycles. The Bertz CT molecular complexity index is 450. The van der Waals surface area contributed by atoms with Crippen molar-refractivity contribution >= 4 is 0 Å². The molecule has 0 saturated carbocycles. The molecule has 0 unspecified atom stereocenters. The summed E-state index contributed by atoms with van der Waals surface area (Å²) >= 11 is 0. The molecule has 1 aromatic carbocycles. The molecule has 2 nitrogen and oxygen atoms in total. The molecular weight excluding hydrogens is 193 g/mol. The van der Waals surface area contributed by atoms with Gasteiger partial charge in [-0.15, -0.1) is 0 Å². The number of aromatic nitrogens is 1. The molecule has 15 heavy (non-hydrogen) atoms. The van der Waals surface area contributed by atoms with Crippen molar-refractivity contribution in [2.45, 2.75) is 13.2 Å². The van der Waals surface area contributed by atoms with Crippen LogP contribution in [0, 0.1) is 5.82 Å². The van der Waals surface area contributed by atoms with Crippen LogP contribution >= 0.6 is 0 Å². The highest BCUT2D eigenvalue weighted by Crippen LogP contribution is 2.08. The third-order valence-corrected chi connectivity index (χ3v) is 2.25.